The van der Waals surface area contributed by atoms with Crippen molar-refractivity contribution in [2.24, 2.45) is 0 Å². The molecule has 0 aliphatic rings. The summed E-state index contributed by atoms with van der Waals surface area (Å²) in [6.45, 7) is 4.12. The molecule has 2 unspecified atom stereocenters. The fraction of sp³-hybridized carbons (Fsp3) is 0.350. The van der Waals surface area contributed by atoms with Crippen LogP contribution in [0.2, 0.25) is 0 Å². The van der Waals surface area contributed by atoms with Gasteiger partial charge >= 0.3 is 0 Å². The quantitative estimate of drug-likeness (QED) is 0.791. The molecule has 0 saturated heterocycles. The van der Waals surface area contributed by atoms with Gasteiger partial charge in [0.1, 0.15) is 5.75 Å². The Kier molecular flexibility index (Phi) is 5.80. The highest BCUT2D eigenvalue weighted by Gasteiger charge is 2.22. The lowest BCUT2D eigenvalue weighted by Crippen LogP contribution is -2.30. The molecule has 3 heteroatoms. The molecule has 0 fully saturated rings. The van der Waals surface area contributed by atoms with E-state index in [2.05, 4.69) is 19.1 Å². The van der Waals surface area contributed by atoms with Crippen LogP contribution in [-0.2, 0) is 4.79 Å². The van der Waals surface area contributed by atoms with Crippen molar-refractivity contribution >= 4 is 5.91 Å². The summed E-state index contributed by atoms with van der Waals surface area (Å²) < 4.78 is 5.41. The Morgan fingerprint density at radius 1 is 1.04 bits per heavy atom. The predicted octanol–water partition coefficient (Wildman–Crippen LogP) is 4.41. The maximum absolute atomic E-state index is 12.6. The van der Waals surface area contributed by atoms with Crippen LogP contribution in [0.15, 0.2) is 54.6 Å². The number of nitrogens with zero attached hydrogens (tertiary/aromatic N) is 1. The largest absolute Gasteiger partial charge is 0.496 e. The van der Waals surface area contributed by atoms with Gasteiger partial charge in [0.25, 0.3) is 0 Å². The molecule has 0 bridgehead atoms. The van der Waals surface area contributed by atoms with Gasteiger partial charge in [-0.05, 0) is 24.5 Å². The lowest BCUT2D eigenvalue weighted by molar-refractivity contribution is -0.132. The van der Waals surface area contributed by atoms with Crippen molar-refractivity contribution in [3.63, 3.8) is 0 Å². The normalized spacial score (nSPS) is 13.2. The number of rotatable bonds is 6. The Balaban J connectivity index is 2.07. The number of ether oxygens (including phenoxy) is 1. The number of benzene rings is 2. The molecule has 2 aromatic rings. The van der Waals surface area contributed by atoms with Crippen molar-refractivity contribution < 1.29 is 9.53 Å². The first-order valence-electron chi connectivity index (χ1n) is 7.98. The molecule has 0 N–H and O–H groups in total. The SMILES string of the molecule is COc1ccccc1C(C)N(C)C(=O)CC(C)c1ccccc1. The van der Waals surface area contributed by atoms with E-state index in [1.807, 2.05) is 56.4 Å². The zero-order valence-electron chi connectivity index (χ0n) is 14.3. The average molecular weight is 311 g/mol. The molecule has 0 radical (unpaired) electrons. The molecule has 0 aliphatic carbocycles. The number of hydrogen-bond acceptors (Lipinski definition) is 2. The molecule has 122 valence electrons. The molecular formula is C20H25NO2. The minimum Gasteiger partial charge on any atom is -0.496 e. The van der Waals surface area contributed by atoms with Gasteiger partial charge in [0.15, 0.2) is 0 Å². The van der Waals surface area contributed by atoms with Crippen LogP contribution in [0.25, 0.3) is 0 Å². The number of amides is 1. The van der Waals surface area contributed by atoms with Crippen LogP contribution in [0.3, 0.4) is 0 Å². The third-order valence-electron chi connectivity index (χ3n) is 4.41. The molecule has 3 nitrogen and oxygen atoms in total. The molecule has 0 heterocycles. The summed E-state index contributed by atoms with van der Waals surface area (Å²) >= 11 is 0. The van der Waals surface area contributed by atoms with Gasteiger partial charge in [-0.25, -0.2) is 0 Å². The number of carbonyl (C=O) groups is 1. The van der Waals surface area contributed by atoms with Gasteiger partial charge in [-0.15, -0.1) is 0 Å². The van der Waals surface area contributed by atoms with E-state index in [1.54, 1.807) is 12.0 Å². The predicted molar refractivity (Wildman–Crippen MR) is 93.7 cm³/mol. The van der Waals surface area contributed by atoms with Crippen molar-refractivity contribution in [2.75, 3.05) is 14.2 Å². The fourth-order valence-electron chi connectivity index (χ4n) is 2.74. The standard InChI is InChI=1S/C20H25NO2/c1-15(17-10-6-5-7-11-17)14-20(22)21(3)16(2)18-12-8-9-13-19(18)23-4/h5-13,15-16H,14H2,1-4H3. The molecule has 2 aromatic carbocycles. The number of para-hydroxylation sites is 1. The Hall–Kier alpha value is -2.29. The second-order valence-corrected chi connectivity index (χ2v) is 5.94. The van der Waals surface area contributed by atoms with Gasteiger partial charge in [-0.1, -0.05) is 55.5 Å². The monoisotopic (exact) mass is 311 g/mol. The zero-order chi connectivity index (χ0) is 16.8. The molecule has 0 aliphatic heterocycles. The summed E-state index contributed by atoms with van der Waals surface area (Å²) in [5.41, 5.74) is 2.22. The Labute approximate surface area is 138 Å². The van der Waals surface area contributed by atoms with E-state index in [0.29, 0.717) is 6.42 Å². The number of hydrogen-bond donors (Lipinski definition) is 0. The highest BCUT2D eigenvalue weighted by Crippen LogP contribution is 2.29. The Bertz CT molecular complexity index is 639. The fourth-order valence-corrected chi connectivity index (χ4v) is 2.74. The molecule has 0 saturated carbocycles. The van der Waals surface area contributed by atoms with Crippen LogP contribution in [-0.4, -0.2) is 25.0 Å². The summed E-state index contributed by atoms with van der Waals surface area (Å²) in [4.78, 5) is 14.4. The van der Waals surface area contributed by atoms with Crippen LogP contribution in [0.5, 0.6) is 5.75 Å². The maximum Gasteiger partial charge on any atom is 0.223 e. The second-order valence-electron chi connectivity index (χ2n) is 5.94. The average Bonchev–Trinajstić information content (AvgIpc) is 2.61. The van der Waals surface area contributed by atoms with Crippen LogP contribution < -0.4 is 4.74 Å². The van der Waals surface area contributed by atoms with Crippen molar-refractivity contribution in [1.29, 1.82) is 0 Å². The van der Waals surface area contributed by atoms with Crippen molar-refractivity contribution in [1.82, 2.24) is 4.90 Å². The van der Waals surface area contributed by atoms with Crippen LogP contribution in [0, 0.1) is 0 Å². The maximum atomic E-state index is 12.6. The van der Waals surface area contributed by atoms with E-state index < -0.39 is 0 Å². The lowest BCUT2D eigenvalue weighted by Gasteiger charge is -2.27. The number of carbonyl (C=O) groups excluding carboxylic acids is 1. The highest BCUT2D eigenvalue weighted by atomic mass is 16.5. The van der Waals surface area contributed by atoms with E-state index in [1.165, 1.54) is 5.56 Å². The summed E-state index contributed by atoms with van der Waals surface area (Å²) in [6, 6.07) is 18.0. The molecule has 23 heavy (non-hydrogen) atoms. The van der Waals surface area contributed by atoms with Gasteiger partial charge in [0.2, 0.25) is 5.91 Å². The third-order valence-corrected chi connectivity index (χ3v) is 4.41. The molecule has 0 spiro atoms. The van der Waals surface area contributed by atoms with Gasteiger partial charge < -0.3 is 9.64 Å². The van der Waals surface area contributed by atoms with E-state index in [9.17, 15) is 4.79 Å². The Morgan fingerprint density at radius 2 is 1.65 bits per heavy atom. The van der Waals surface area contributed by atoms with Crippen molar-refractivity contribution in [3.05, 3.63) is 65.7 Å². The summed E-state index contributed by atoms with van der Waals surface area (Å²) in [5, 5.41) is 0. The minimum atomic E-state index is -0.0263. The third kappa shape index (κ3) is 4.13. The summed E-state index contributed by atoms with van der Waals surface area (Å²) in [5.74, 6) is 1.16. The molecule has 1 amide bonds. The first-order chi connectivity index (χ1) is 11.0. The molecule has 2 rings (SSSR count). The number of methoxy groups -OCH3 is 1. The van der Waals surface area contributed by atoms with Gasteiger partial charge in [0.05, 0.1) is 13.2 Å². The summed E-state index contributed by atoms with van der Waals surface area (Å²) in [7, 11) is 3.52. The van der Waals surface area contributed by atoms with Gasteiger partial charge in [-0.2, -0.15) is 0 Å². The molecule has 0 aromatic heterocycles. The first kappa shape index (κ1) is 17.1. The highest BCUT2D eigenvalue weighted by molar-refractivity contribution is 5.77. The van der Waals surface area contributed by atoms with Crippen LogP contribution in [0.1, 0.15) is 43.4 Å². The minimum absolute atomic E-state index is 0.0263. The Morgan fingerprint density at radius 3 is 2.30 bits per heavy atom. The molecular weight excluding hydrogens is 286 g/mol. The van der Waals surface area contributed by atoms with Crippen LogP contribution in [0.4, 0.5) is 0 Å². The smallest absolute Gasteiger partial charge is 0.223 e. The molecule has 2 atom stereocenters. The second kappa shape index (κ2) is 7.82. The van der Waals surface area contributed by atoms with Crippen LogP contribution >= 0.6 is 0 Å². The van der Waals surface area contributed by atoms with E-state index in [4.69, 9.17) is 4.74 Å². The van der Waals surface area contributed by atoms with E-state index >= 15 is 0 Å². The van der Waals surface area contributed by atoms with Gasteiger partial charge in [-0.3, -0.25) is 4.79 Å². The van der Waals surface area contributed by atoms with E-state index in [-0.39, 0.29) is 17.9 Å². The van der Waals surface area contributed by atoms with Crippen molar-refractivity contribution in [3.8, 4) is 5.75 Å². The lowest BCUT2D eigenvalue weighted by atomic mass is 9.96. The summed E-state index contributed by atoms with van der Waals surface area (Å²) in [6.07, 6.45) is 0.500. The topological polar surface area (TPSA) is 29.5 Å². The first-order valence-corrected chi connectivity index (χ1v) is 7.98. The van der Waals surface area contributed by atoms with Crippen molar-refractivity contribution in [2.45, 2.75) is 32.2 Å². The van der Waals surface area contributed by atoms with E-state index in [0.717, 1.165) is 11.3 Å². The van der Waals surface area contributed by atoms with Gasteiger partial charge in [0, 0.05) is 19.0 Å². The zero-order valence-corrected chi connectivity index (χ0v) is 14.3.